The van der Waals surface area contributed by atoms with E-state index in [1.807, 2.05) is 0 Å². The Morgan fingerprint density at radius 3 is 2.21 bits per heavy atom. The van der Waals surface area contributed by atoms with Crippen LogP contribution in [0.25, 0.3) is 22.6 Å². The quantitative estimate of drug-likeness (QED) is 0.584. The normalized spacial score (nSPS) is 12.2. The van der Waals surface area contributed by atoms with Crippen LogP contribution >= 0.6 is 0 Å². The lowest BCUT2D eigenvalue weighted by Gasteiger charge is -2.06. The number of hydrogen-bond acceptors (Lipinski definition) is 5. The third-order valence-electron chi connectivity index (χ3n) is 3.85. The van der Waals surface area contributed by atoms with Gasteiger partial charge in [-0.2, -0.15) is 13.2 Å². The van der Waals surface area contributed by atoms with E-state index < -0.39 is 27.7 Å². The van der Waals surface area contributed by atoms with Gasteiger partial charge in [0.25, 0.3) is 0 Å². The molecule has 1 heterocycles. The predicted octanol–water partition coefficient (Wildman–Crippen LogP) is 4.58. The number of benzene rings is 2. The monoisotopic (exact) mass is 415 g/mol. The van der Waals surface area contributed by atoms with Gasteiger partial charge >= 0.3 is 12.1 Å². The molecule has 0 aliphatic heterocycles. The summed E-state index contributed by atoms with van der Waals surface area (Å²) < 4.78 is 86.6. The molecule has 0 fully saturated rings. The van der Waals surface area contributed by atoms with Crippen LogP contribution < -0.4 is 4.74 Å². The van der Waals surface area contributed by atoms with E-state index in [1.54, 1.807) is 0 Å². The standard InChI is InChI=1S/C18H13F4NO4S/c1-26-11-5-8-13(14(19)9-11)15-16(27-17(23-15)18(20,21)22)10-3-6-12(7-4-10)28(2,24)25/h3-9H,1-2H3. The molecule has 0 amide bonds. The second-order valence-corrected chi connectivity index (χ2v) is 7.85. The van der Waals surface area contributed by atoms with Crippen molar-refractivity contribution in [1.82, 2.24) is 4.98 Å². The molecule has 1 aromatic heterocycles. The van der Waals surface area contributed by atoms with Crippen LogP contribution in [0.5, 0.6) is 5.75 Å². The molecule has 28 heavy (non-hydrogen) atoms. The largest absolute Gasteiger partial charge is 0.497 e. The van der Waals surface area contributed by atoms with Crippen molar-refractivity contribution in [2.75, 3.05) is 13.4 Å². The van der Waals surface area contributed by atoms with Crippen LogP contribution in [0.1, 0.15) is 5.89 Å². The third kappa shape index (κ3) is 3.86. The lowest BCUT2D eigenvalue weighted by Crippen LogP contribution is -2.04. The van der Waals surface area contributed by atoms with Crippen molar-refractivity contribution in [2.45, 2.75) is 11.1 Å². The molecular formula is C18H13F4NO4S. The van der Waals surface area contributed by atoms with Crippen molar-refractivity contribution >= 4 is 9.84 Å². The molecule has 0 spiro atoms. The fourth-order valence-electron chi connectivity index (χ4n) is 2.49. The van der Waals surface area contributed by atoms with Gasteiger partial charge in [-0.05, 0) is 36.4 Å². The van der Waals surface area contributed by atoms with E-state index in [1.165, 1.54) is 43.5 Å². The smallest absolute Gasteiger partial charge is 0.468 e. The summed E-state index contributed by atoms with van der Waals surface area (Å²) in [4.78, 5) is 3.40. The second kappa shape index (κ2) is 6.93. The minimum Gasteiger partial charge on any atom is -0.497 e. The topological polar surface area (TPSA) is 69.4 Å². The molecule has 148 valence electrons. The van der Waals surface area contributed by atoms with Crippen LogP contribution in [0.4, 0.5) is 17.6 Å². The Labute approximate surface area is 157 Å². The molecule has 0 saturated carbocycles. The number of ether oxygens (including phenoxy) is 1. The number of alkyl halides is 3. The number of aromatic nitrogens is 1. The summed E-state index contributed by atoms with van der Waals surface area (Å²) >= 11 is 0. The molecule has 0 unspecified atom stereocenters. The fourth-order valence-corrected chi connectivity index (χ4v) is 3.12. The van der Waals surface area contributed by atoms with Gasteiger partial charge in [0, 0.05) is 23.4 Å². The van der Waals surface area contributed by atoms with E-state index in [0.29, 0.717) is 0 Å². The number of nitrogens with zero attached hydrogens (tertiary/aromatic N) is 1. The summed E-state index contributed by atoms with van der Waals surface area (Å²) in [5.41, 5.74) is -0.470. The lowest BCUT2D eigenvalue weighted by atomic mass is 10.1. The molecule has 2 aromatic carbocycles. The van der Waals surface area contributed by atoms with Gasteiger partial charge in [0.15, 0.2) is 15.6 Å². The van der Waals surface area contributed by atoms with E-state index in [0.717, 1.165) is 12.3 Å². The van der Waals surface area contributed by atoms with Crippen LogP contribution in [0.15, 0.2) is 51.8 Å². The predicted molar refractivity (Wildman–Crippen MR) is 92.0 cm³/mol. The van der Waals surface area contributed by atoms with Crippen LogP contribution in [0.2, 0.25) is 0 Å². The summed E-state index contributed by atoms with van der Waals surface area (Å²) in [6, 6.07) is 8.57. The summed E-state index contributed by atoms with van der Waals surface area (Å²) in [6.07, 6.45) is -3.89. The van der Waals surface area contributed by atoms with Gasteiger partial charge in [-0.15, -0.1) is 0 Å². The fraction of sp³-hybridized carbons (Fsp3) is 0.167. The Morgan fingerprint density at radius 2 is 1.71 bits per heavy atom. The van der Waals surface area contributed by atoms with Gasteiger partial charge < -0.3 is 9.15 Å². The molecular weight excluding hydrogens is 402 g/mol. The molecule has 10 heteroatoms. The van der Waals surface area contributed by atoms with Crippen molar-refractivity contribution in [3.05, 3.63) is 54.2 Å². The number of methoxy groups -OCH3 is 1. The van der Waals surface area contributed by atoms with Gasteiger partial charge in [0.1, 0.15) is 17.3 Å². The molecule has 0 aliphatic rings. The molecule has 0 aliphatic carbocycles. The highest BCUT2D eigenvalue weighted by Crippen LogP contribution is 2.39. The molecule has 0 saturated heterocycles. The zero-order valence-corrected chi connectivity index (χ0v) is 15.4. The number of hydrogen-bond donors (Lipinski definition) is 0. The van der Waals surface area contributed by atoms with Crippen molar-refractivity contribution in [2.24, 2.45) is 0 Å². The number of halogens is 4. The number of oxazole rings is 1. The first kappa shape index (κ1) is 19.9. The Morgan fingerprint density at radius 1 is 1.07 bits per heavy atom. The lowest BCUT2D eigenvalue weighted by molar-refractivity contribution is -0.156. The summed E-state index contributed by atoms with van der Waals surface area (Å²) in [5, 5.41) is 0. The van der Waals surface area contributed by atoms with Crippen LogP contribution in [0, 0.1) is 5.82 Å². The molecule has 5 nitrogen and oxygen atoms in total. The second-order valence-electron chi connectivity index (χ2n) is 5.84. The van der Waals surface area contributed by atoms with Gasteiger partial charge in [0.2, 0.25) is 0 Å². The van der Waals surface area contributed by atoms with E-state index in [2.05, 4.69) is 4.98 Å². The van der Waals surface area contributed by atoms with Crippen LogP contribution in [0.3, 0.4) is 0 Å². The van der Waals surface area contributed by atoms with E-state index >= 15 is 0 Å². The maximum absolute atomic E-state index is 14.4. The van der Waals surface area contributed by atoms with Crippen molar-refractivity contribution < 1.29 is 35.1 Å². The van der Waals surface area contributed by atoms with E-state index in [-0.39, 0.29) is 33.2 Å². The third-order valence-corrected chi connectivity index (χ3v) is 4.97. The maximum atomic E-state index is 14.4. The average molecular weight is 415 g/mol. The highest BCUT2D eigenvalue weighted by molar-refractivity contribution is 7.90. The summed E-state index contributed by atoms with van der Waals surface area (Å²) in [5.74, 6) is -2.55. The van der Waals surface area contributed by atoms with Crippen LogP contribution in [-0.2, 0) is 16.0 Å². The first-order valence-electron chi connectivity index (χ1n) is 7.73. The van der Waals surface area contributed by atoms with E-state index in [9.17, 15) is 26.0 Å². The number of sulfone groups is 1. The summed E-state index contributed by atoms with van der Waals surface area (Å²) in [7, 11) is -2.18. The Hall–Kier alpha value is -2.88. The Balaban J connectivity index is 2.19. The molecule has 3 rings (SSSR count). The highest BCUT2D eigenvalue weighted by Gasteiger charge is 2.39. The minimum absolute atomic E-state index is 0.0241. The van der Waals surface area contributed by atoms with Crippen LogP contribution in [-0.4, -0.2) is 26.8 Å². The zero-order chi connectivity index (χ0) is 20.7. The van der Waals surface area contributed by atoms with Gasteiger partial charge in [-0.1, -0.05) is 0 Å². The van der Waals surface area contributed by atoms with Crippen molar-refractivity contribution in [3.8, 4) is 28.3 Å². The highest BCUT2D eigenvalue weighted by atomic mass is 32.2. The Kier molecular flexibility index (Phi) is 4.92. The molecule has 0 bridgehead atoms. The molecule has 3 aromatic rings. The molecule has 0 radical (unpaired) electrons. The van der Waals surface area contributed by atoms with Gasteiger partial charge in [0.05, 0.1) is 12.0 Å². The maximum Gasteiger partial charge on any atom is 0.468 e. The first-order valence-corrected chi connectivity index (χ1v) is 9.62. The van der Waals surface area contributed by atoms with Gasteiger partial charge in [-0.3, -0.25) is 0 Å². The van der Waals surface area contributed by atoms with E-state index in [4.69, 9.17) is 9.15 Å². The van der Waals surface area contributed by atoms with Crippen molar-refractivity contribution in [1.29, 1.82) is 0 Å². The zero-order valence-electron chi connectivity index (χ0n) is 14.5. The van der Waals surface area contributed by atoms with Gasteiger partial charge in [-0.25, -0.2) is 17.8 Å². The number of rotatable bonds is 4. The minimum atomic E-state index is -4.89. The van der Waals surface area contributed by atoms with Crippen molar-refractivity contribution in [3.63, 3.8) is 0 Å². The average Bonchev–Trinajstić information content (AvgIpc) is 3.06. The summed E-state index contributed by atoms with van der Waals surface area (Å²) in [6.45, 7) is 0. The molecule has 0 N–H and O–H groups in total. The SMILES string of the molecule is COc1ccc(-c2nc(C(F)(F)F)oc2-c2ccc(S(C)(=O)=O)cc2)c(F)c1. The molecule has 0 atom stereocenters. The Bertz CT molecular complexity index is 1120. The first-order chi connectivity index (χ1) is 13.0.